The van der Waals surface area contributed by atoms with Gasteiger partial charge in [0.1, 0.15) is 6.54 Å². The number of para-hydroxylation sites is 1. The summed E-state index contributed by atoms with van der Waals surface area (Å²) in [6.45, 7) is 2.06. The van der Waals surface area contributed by atoms with Gasteiger partial charge in [0.15, 0.2) is 11.6 Å². The van der Waals surface area contributed by atoms with Gasteiger partial charge in [-0.15, -0.1) is 5.10 Å². The summed E-state index contributed by atoms with van der Waals surface area (Å²) >= 11 is 1.24. The van der Waals surface area contributed by atoms with Gasteiger partial charge in [0.25, 0.3) is 0 Å². The maximum absolute atomic E-state index is 12.6. The largest absolute Gasteiger partial charge is 0.465 e. The Morgan fingerprint density at radius 1 is 1.18 bits per heavy atom. The SMILES string of the molecule is CCOC(=O)CNc1ccccc1C(=O)CSc1n[nH]c(-c2ccncc2)n1. The first kappa shape index (κ1) is 19.6. The Balaban J connectivity index is 1.61. The fraction of sp³-hybridized carbons (Fsp3) is 0.211. The van der Waals surface area contributed by atoms with Gasteiger partial charge in [0.2, 0.25) is 5.16 Å². The number of thioether (sulfide) groups is 1. The number of pyridine rings is 1. The topological polar surface area (TPSA) is 110 Å². The molecule has 0 fully saturated rings. The first-order valence-corrected chi connectivity index (χ1v) is 9.63. The molecule has 0 aliphatic rings. The van der Waals surface area contributed by atoms with Crippen LogP contribution in [0.2, 0.25) is 0 Å². The number of carbonyl (C=O) groups is 2. The molecule has 2 N–H and O–H groups in total. The van der Waals surface area contributed by atoms with Crippen LogP contribution in [-0.2, 0) is 9.53 Å². The predicted molar refractivity (Wildman–Crippen MR) is 106 cm³/mol. The molecular formula is C19H19N5O3S. The van der Waals surface area contributed by atoms with Crippen molar-refractivity contribution in [2.75, 3.05) is 24.2 Å². The minimum Gasteiger partial charge on any atom is -0.465 e. The third-order valence-electron chi connectivity index (χ3n) is 3.71. The number of aromatic amines is 1. The van der Waals surface area contributed by atoms with Crippen molar-refractivity contribution in [3.05, 3.63) is 54.4 Å². The van der Waals surface area contributed by atoms with Crippen LogP contribution in [-0.4, -0.2) is 50.8 Å². The third-order valence-corrected chi connectivity index (χ3v) is 4.55. The molecule has 0 spiro atoms. The monoisotopic (exact) mass is 397 g/mol. The first-order chi connectivity index (χ1) is 13.7. The van der Waals surface area contributed by atoms with Crippen molar-refractivity contribution in [1.29, 1.82) is 0 Å². The second-order valence-electron chi connectivity index (χ2n) is 5.62. The standard InChI is InChI=1S/C19H19N5O3S/c1-2-27-17(26)11-21-15-6-4-3-5-14(15)16(25)12-28-19-22-18(23-24-19)13-7-9-20-10-8-13/h3-10,21H,2,11-12H2,1H3,(H,22,23,24). The molecule has 0 radical (unpaired) electrons. The van der Waals surface area contributed by atoms with Crippen molar-refractivity contribution in [1.82, 2.24) is 20.2 Å². The number of H-pyrrole nitrogens is 1. The number of ether oxygens (including phenoxy) is 1. The maximum Gasteiger partial charge on any atom is 0.325 e. The molecule has 2 aromatic heterocycles. The minimum atomic E-state index is -0.372. The molecule has 1 aromatic carbocycles. The number of hydrogen-bond donors (Lipinski definition) is 2. The number of ketones is 1. The molecule has 3 aromatic rings. The average Bonchev–Trinajstić information content (AvgIpc) is 3.21. The average molecular weight is 397 g/mol. The number of rotatable bonds is 9. The van der Waals surface area contributed by atoms with Crippen molar-refractivity contribution in [3.8, 4) is 11.4 Å². The Hall–Kier alpha value is -3.20. The molecule has 2 heterocycles. The number of Topliss-reactive ketones (excluding diaryl/α,β-unsaturated/α-hetero) is 1. The highest BCUT2D eigenvalue weighted by molar-refractivity contribution is 7.99. The van der Waals surface area contributed by atoms with Crippen molar-refractivity contribution in [2.45, 2.75) is 12.1 Å². The van der Waals surface area contributed by atoms with Crippen LogP contribution in [0.15, 0.2) is 53.9 Å². The van der Waals surface area contributed by atoms with Crippen LogP contribution in [0.4, 0.5) is 5.69 Å². The Bertz CT molecular complexity index is 946. The van der Waals surface area contributed by atoms with E-state index in [0.717, 1.165) is 5.56 Å². The third kappa shape index (κ3) is 5.17. The summed E-state index contributed by atoms with van der Waals surface area (Å²) in [6.07, 6.45) is 3.35. The number of nitrogens with one attached hydrogen (secondary N) is 2. The van der Waals surface area contributed by atoms with E-state index in [-0.39, 0.29) is 24.1 Å². The van der Waals surface area contributed by atoms with Crippen molar-refractivity contribution < 1.29 is 14.3 Å². The molecule has 3 rings (SSSR count). The van der Waals surface area contributed by atoms with Crippen LogP contribution in [0.3, 0.4) is 0 Å². The van der Waals surface area contributed by atoms with E-state index < -0.39 is 0 Å². The lowest BCUT2D eigenvalue weighted by molar-refractivity contribution is -0.140. The number of esters is 1. The van der Waals surface area contributed by atoms with E-state index in [4.69, 9.17) is 4.74 Å². The number of aromatic nitrogens is 4. The van der Waals surface area contributed by atoms with E-state index in [0.29, 0.717) is 28.8 Å². The van der Waals surface area contributed by atoms with Crippen molar-refractivity contribution >= 4 is 29.2 Å². The summed E-state index contributed by atoms with van der Waals surface area (Å²) < 4.78 is 4.89. The minimum absolute atomic E-state index is 0.00148. The highest BCUT2D eigenvalue weighted by Gasteiger charge is 2.14. The van der Waals surface area contributed by atoms with Crippen LogP contribution in [0.1, 0.15) is 17.3 Å². The first-order valence-electron chi connectivity index (χ1n) is 8.64. The summed E-state index contributed by atoms with van der Waals surface area (Å²) in [6, 6.07) is 10.7. The second kappa shape index (κ2) is 9.65. The highest BCUT2D eigenvalue weighted by atomic mass is 32.2. The molecule has 0 aliphatic carbocycles. The summed E-state index contributed by atoms with van der Waals surface area (Å²) in [5.74, 6) is 0.329. The number of hydrogen-bond acceptors (Lipinski definition) is 8. The molecule has 0 unspecified atom stereocenters. The Labute approximate surface area is 166 Å². The van der Waals surface area contributed by atoms with Crippen LogP contribution in [0.5, 0.6) is 0 Å². The van der Waals surface area contributed by atoms with Gasteiger partial charge in [-0.25, -0.2) is 4.98 Å². The zero-order valence-corrected chi connectivity index (χ0v) is 16.0. The van der Waals surface area contributed by atoms with Gasteiger partial charge in [-0.1, -0.05) is 23.9 Å². The summed E-state index contributed by atoms with van der Waals surface area (Å²) in [5, 5.41) is 10.4. The number of nitrogens with zero attached hydrogens (tertiary/aromatic N) is 3. The van der Waals surface area contributed by atoms with Gasteiger partial charge in [-0.3, -0.25) is 19.7 Å². The van der Waals surface area contributed by atoms with Gasteiger partial charge in [-0.05, 0) is 31.2 Å². The fourth-order valence-electron chi connectivity index (χ4n) is 2.42. The molecule has 0 saturated heterocycles. The Morgan fingerprint density at radius 3 is 2.75 bits per heavy atom. The van der Waals surface area contributed by atoms with Gasteiger partial charge in [0, 0.05) is 29.2 Å². The normalized spacial score (nSPS) is 10.5. The molecule has 0 aliphatic heterocycles. The summed E-state index contributed by atoms with van der Waals surface area (Å²) in [7, 11) is 0. The maximum atomic E-state index is 12.6. The van der Waals surface area contributed by atoms with E-state index in [9.17, 15) is 9.59 Å². The molecule has 0 atom stereocenters. The van der Waals surface area contributed by atoms with E-state index in [1.165, 1.54) is 11.8 Å². The number of benzene rings is 1. The smallest absolute Gasteiger partial charge is 0.325 e. The lowest BCUT2D eigenvalue weighted by Crippen LogP contribution is -2.18. The lowest BCUT2D eigenvalue weighted by Gasteiger charge is -2.10. The Morgan fingerprint density at radius 2 is 1.96 bits per heavy atom. The van der Waals surface area contributed by atoms with E-state index in [1.54, 1.807) is 43.6 Å². The van der Waals surface area contributed by atoms with Crippen molar-refractivity contribution in [2.24, 2.45) is 0 Å². The van der Waals surface area contributed by atoms with E-state index >= 15 is 0 Å². The quantitative estimate of drug-likeness (QED) is 0.322. The molecular weight excluding hydrogens is 378 g/mol. The molecule has 0 bridgehead atoms. The molecule has 9 heteroatoms. The second-order valence-corrected chi connectivity index (χ2v) is 6.56. The van der Waals surface area contributed by atoms with Gasteiger partial charge in [0.05, 0.1) is 12.4 Å². The number of carbonyl (C=O) groups excluding carboxylic acids is 2. The fourth-order valence-corrected chi connectivity index (χ4v) is 3.10. The predicted octanol–water partition coefficient (Wildman–Crippen LogP) is 2.82. The zero-order valence-electron chi connectivity index (χ0n) is 15.2. The molecule has 0 saturated carbocycles. The van der Waals surface area contributed by atoms with Crippen LogP contribution >= 0.6 is 11.8 Å². The molecule has 8 nitrogen and oxygen atoms in total. The molecule has 0 amide bonds. The lowest BCUT2D eigenvalue weighted by atomic mass is 10.1. The van der Waals surface area contributed by atoms with Gasteiger partial charge < -0.3 is 10.1 Å². The highest BCUT2D eigenvalue weighted by Crippen LogP contribution is 2.22. The summed E-state index contributed by atoms with van der Waals surface area (Å²) in [5.41, 5.74) is 1.96. The van der Waals surface area contributed by atoms with Crippen LogP contribution < -0.4 is 5.32 Å². The van der Waals surface area contributed by atoms with Crippen molar-refractivity contribution in [3.63, 3.8) is 0 Å². The number of anilines is 1. The van der Waals surface area contributed by atoms with Gasteiger partial charge in [-0.2, -0.15) is 0 Å². The zero-order chi connectivity index (χ0) is 19.8. The van der Waals surface area contributed by atoms with E-state index in [2.05, 4.69) is 25.5 Å². The van der Waals surface area contributed by atoms with Gasteiger partial charge >= 0.3 is 5.97 Å². The van der Waals surface area contributed by atoms with Crippen LogP contribution in [0, 0.1) is 0 Å². The molecule has 144 valence electrons. The van der Waals surface area contributed by atoms with Crippen LogP contribution in [0.25, 0.3) is 11.4 Å². The Kier molecular flexibility index (Phi) is 6.74. The summed E-state index contributed by atoms with van der Waals surface area (Å²) in [4.78, 5) is 32.5. The molecule has 28 heavy (non-hydrogen) atoms. The van der Waals surface area contributed by atoms with E-state index in [1.807, 2.05) is 12.1 Å².